The number of rotatable bonds is 1. The second kappa shape index (κ2) is 8.42. The molecule has 0 bridgehead atoms. The van der Waals surface area contributed by atoms with Crippen LogP contribution in [0.2, 0.25) is 0 Å². The topological polar surface area (TPSA) is 3.24 Å². The van der Waals surface area contributed by atoms with Gasteiger partial charge in [-0.3, -0.25) is 0 Å². The molecule has 1 rings (SSSR count). The van der Waals surface area contributed by atoms with Crippen molar-refractivity contribution >= 4 is 32.2 Å². The number of hydrogen-bond acceptors (Lipinski definition) is 2. The molecule has 0 N–H and O–H groups in total. The molecule has 0 saturated heterocycles. The molecular formula is C11H15HgNS2. The Labute approximate surface area is 120 Å². The van der Waals surface area contributed by atoms with Gasteiger partial charge in [-0.2, -0.15) is 0 Å². The summed E-state index contributed by atoms with van der Waals surface area (Å²) in [5.74, 6) is 0. The molecule has 0 atom stereocenters. The Morgan fingerprint density at radius 3 is 1.93 bits per heavy atom. The first-order chi connectivity index (χ1) is 6.95. The predicted octanol–water partition coefficient (Wildman–Crippen LogP) is 2.02. The van der Waals surface area contributed by atoms with Gasteiger partial charge in [-0.15, -0.1) is 0 Å². The van der Waals surface area contributed by atoms with Crippen molar-refractivity contribution in [1.29, 1.82) is 0 Å². The summed E-state index contributed by atoms with van der Waals surface area (Å²) in [5, 5.41) is 0. The summed E-state index contributed by atoms with van der Waals surface area (Å²) in [6.45, 7) is 4.11. The van der Waals surface area contributed by atoms with Crippen molar-refractivity contribution in [3.63, 3.8) is 0 Å². The van der Waals surface area contributed by atoms with E-state index < -0.39 is 0 Å². The van der Waals surface area contributed by atoms with Crippen LogP contribution in [0.1, 0.15) is 13.8 Å². The van der Waals surface area contributed by atoms with Crippen LogP contribution in [0.3, 0.4) is 0 Å². The molecule has 78 valence electrons. The minimum atomic E-state index is 0.431. The molecule has 1 aromatic carbocycles. The van der Waals surface area contributed by atoms with E-state index in [4.69, 9.17) is 24.8 Å². The predicted molar refractivity (Wildman–Crippen MR) is 68.9 cm³/mol. The van der Waals surface area contributed by atoms with Gasteiger partial charge in [0.15, 0.2) is 0 Å². The molecule has 0 aliphatic rings. The van der Waals surface area contributed by atoms with E-state index in [9.17, 15) is 0 Å². The Morgan fingerprint density at radius 1 is 1.33 bits per heavy atom. The SMILES string of the molecule is CC(C)N(C)C(=S)[S-].[Hg+][c]1ccccc1. The number of benzene rings is 1. The molecular weight excluding hydrogens is 411 g/mol. The van der Waals surface area contributed by atoms with E-state index in [1.807, 2.05) is 11.9 Å². The van der Waals surface area contributed by atoms with Crippen molar-refractivity contribution in [3.8, 4) is 0 Å². The van der Waals surface area contributed by atoms with Crippen LogP contribution in [0.5, 0.6) is 0 Å². The molecule has 0 unspecified atom stereocenters. The zero-order chi connectivity index (χ0) is 11.8. The third kappa shape index (κ3) is 8.11. The molecule has 0 fully saturated rings. The number of nitrogens with zero attached hydrogens (tertiary/aromatic N) is 1. The minimum absolute atomic E-state index is 0.431. The van der Waals surface area contributed by atoms with Gasteiger partial charge in [0, 0.05) is 13.1 Å². The fraction of sp³-hybridized carbons (Fsp3) is 0.364. The van der Waals surface area contributed by atoms with Crippen LogP contribution in [-0.2, 0) is 38.8 Å². The first-order valence-electron chi connectivity index (χ1n) is 4.76. The van der Waals surface area contributed by atoms with Gasteiger partial charge in [-0.1, -0.05) is 4.32 Å². The van der Waals surface area contributed by atoms with Gasteiger partial charge < -0.3 is 29.7 Å². The zero-order valence-corrected chi connectivity index (χ0v) is 16.6. The van der Waals surface area contributed by atoms with Crippen LogP contribution in [0, 0.1) is 0 Å². The van der Waals surface area contributed by atoms with Gasteiger partial charge in [-0.25, -0.2) is 0 Å². The van der Waals surface area contributed by atoms with Gasteiger partial charge in [0.25, 0.3) is 0 Å². The van der Waals surface area contributed by atoms with Gasteiger partial charge in [0.1, 0.15) is 0 Å². The van der Waals surface area contributed by atoms with E-state index in [1.54, 1.807) is 0 Å². The van der Waals surface area contributed by atoms with Crippen LogP contribution in [0.4, 0.5) is 0 Å². The van der Waals surface area contributed by atoms with Gasteiger partial charge in [0.05, 0.1) is 0 Å². The van der Waals surface area contributed by atoms with Crippen LogP contribution in [-0.4, -0.2) is 22.3 Å². The van der Waals surface area contributed by atoms with Crippen LogP contribution < -0.4 is 3.07 Å². The van der Waals surface area contributed by atoms with Gasteiger partial charge in [0.2, 0.25) is 0 Å². The van der Waals surface area contributed by atoms with E-state index in [-0.39, 0.29) is 0 Å². The van der Waals surface area contributed by atoms with Crippen molar-refractivity contribution in [2.75, 3.05) is 7.05 Å². The quantitative estimate of drug-likeness (QED) is 0.385. The molecule has 0 radical (unpaired) electrons. The Bertz CT molecular complexity index is 288. The van der Waals surface area contributed by atoms with Crippen molar-refractivity contribution in [2.45, 2.75) is 19.9 Å². The molecule has 4 heteroatoms. The third-order valence-electron chi connectivity index (χ3n) is 1.91. The number of thiocarbonyl (C=S) groups is 1. The summed E-state index contributed by atoms with van der Waals surface area (Å²) in [4.78, 5) is 1.88. The summed E-state index contributed by atoms with van der Waals surface area (Å²) in [5.41, 5.74) is 0. The van der Waals surface area contributed by atoms with Gasteiger partial charge >= 0.3 is 59.5 Å². The Balaban J connectivity index is 0.000000262. The second-order valence-corrected chi connectivity index (χ2v) is 7.66. The molecule has 0 aliphatic heterocycles. The van der Waals surface area contributed by atoms with Crippen molar-refractivity contribution in [1.82, 2.24) is 4.90 Å². The van der Waals surface area contributed by atoms with E-state index in [0.717, 1.165) is 26.1 Å². The molecule has 0 amide bonds. The molecule has 1 nitrogen and oxygen atoms in total. The average molecular weight is 426 g/mol. The van der Waals surface area contributed by atoms with E-state index >= 15 is 0 Å². The van der Waals surface area contributed by atoms with Crippen molar-refractivity contribution in [2.24, 2.45) is 0 Å². The van der Waals surface area contributed by atoms with E-state index in [1.165, 1.54) is 3.07 Å². The monoisotopic (exact) mass is 427 g/mol. The fourth-order valence-electron chi connectivity index (χ4n) is 0.689. The molecule has 0 spiro atoms. The second-order valence-electron chi connectivity index (χ2n) is 3.46. The number of hydrogen-bond donors (Lipinski definition) is 0. The first kappa shape index (κ1) is 15.3. The fourth-order valence-corrected chi connectivity index (χ4v) is 2.17. The Morgan fingerprint density at radius 2 is 1.80 bits per heavy atom. The summed E-state index contributed by atoms with van der Waals surface area (Å²) in [7, 11) is 1.90. The first-order valence-corrected chi connectivity index (χ1v) is 8.32. The summed E-state index contributed by atoms with van der Waals surface area (Å²) < 4.78 is 2.06. The van der Waals surface area contributed by atoms with Crippen molar-refractivity contribution in [3.05, 3.63) is 30.3 Å². The average Bonchev–Trinajstić information content (AvgIpc) is 2.18. The van der Waals surface area contributed by atoms with Crippen molar-refractivity contribution < 1.29 is 26.1 Å². The molecule has 15 heavy (non-hydrogen) atoms. The molecule has 1 aromatic rings. The Kier molecular flexibility index (Phi) is 8.57. The molecule has 0 saturated carbocycles. The standard InChI is InChI=1S/C6H5.C5H11NS2.Hg/c1-2-4-6-5-3-1;1-4(2)6(3)5(7)8;/h1-5H;4H,1-3H3,(H,7,8);/q;;+1/p-1. The van der Waals surface area contributed by atoms with Crippen LogP contribution in [0.15, 0.2) is 30.3 Å². The molecule has 0 aromatic heterocycles. The maximum absolute atomic E-state index is 4.74. The van der Waals surface area contributed by atoms with Gasteiger partial charge in [-0.05, 0) is 13.8 Å². The summed E-state index contributed by atoms with van der Waals surface area (Å²) in [6.07, 6.45) is 0. The normalized spacial score (nSPS) is 9.20. The third-order valence-corrected chi connectivity index (χ3v) is 4.31. The van der Waals surface area contributed by atoms with E-state index in [2.05, 4.69) is 44.2 Å². The zero-order valence-electron chi connectivity index (χ0n) is 9.43. The van der Waals surface area contributed by atoms with Crippen LogP contribution >= 0.6 is 12.2 Å². The maximum atomic E-state index is 4.74. The Hall–Kier alpha value is 0.265. The molecule has 0 aliphatic carbocycles. The van der Waals surface area contributed by atoms with Crippen LogP contribution in [0.25, 0.3) is 0 Å². The summed E-state index contributed by atoms with van der Waals surface area (Å²) >= 11 is 10.3. The van der Waals surface area contributed by atoms with E-state index in [0.29, 0.717) is 10.4 Å². The summed E-state index contributed by atoms with van der Waals surface area (Å²) in [6, 6.07) is 11.0. The molecule has 0 heterocycles.